The van der Waals surface area contributed by atoms with Gasteiger partial charge in [0.2, 0.25) is 15.9 Å². The number of carbonyl (C=O) groups is 1. The summed E-state index contributed by atoms with van der Waals surface area (Å²) in [7, 11) is -3.45. The van der Waals surface area contributed by atoms with Crippen LogP contribution in [0.4, 0.5) is 5.69 Å². The molecule has 27 heavy (non-hydrogen) atoms. The minimum atomic E-state index is -3.45. The van der Waals surface area contributed by atoms with Gasteiger partial charge in [0.05, 0.1) is 11.4 Å². The normalized spacial score (nSPS) is 23.3. The fourth-order valence-electron chi connectivity index (χ4n) is 3.92. The van der Waals surface area contributed by atoms with E-state index in [2.05, 4.69) is 24.1 Å². The van der Waals surface area contributed by atoms with Crippen LogP contribution in [-0.4, -0.2) is 56.3 Å². The third kappa shape index (κ3) is 5.30. The van der Waals surface area contributed by atoms with Crippen LogP contribution >= 0.6 is 0 Å². The molecular weight excluding hydrogens is 362 g/mol. The van der Waals surface area contributed by atoms with E-state index in [1.807, 2.05) is 0 Å². The smallest absolute Gasteiger partial charge is 0.243 e. The van der Waals surface area contributed by atoms with E-state index < -0.39 is 10.0 Å². The Morgan fingerprint density at radius 3 is 2.33 bits per heavy atom. The highest BCUT2D eigenvalue weighted by Gasteiger charge is 2.28. The summed E-state index contributed by atoms with van der Waals surface area (Å²) >= 11 is 0. The van der Waals surface area contributed by atoms with Crippen molar-refractivity contribution >= 4 is 21.6 Å². The van der Waals surface area contributed by atoms with Crippen molar-refractivity contribution in [1.29, 1.82) is 0 Å². The average Bonchev–Trinajstić information content (AvgIpc) is 2.62. The molecule has 3 rings (SSSR count). The summed E-state index contributed by atoms with van der Waals surface area (Å²) in [6, 6.07) is 6.53. The summed E-state index contributed by atoms with van der Waals surface area (Å²) in [5.41, 5.74) is 0.635. The molecule has 2 aliphatic heterocycles. The quantitative estimate of drug-likeness (QED) is 0.835. The summed E-state index contributed by atoms with van der Waals surface area (Å²) in [5.74, 6) is 1.16. The van der Waals surface area contributed by atoms with Gasteiger partial charge in [-0.25, -0.2) is 8.42 Å². The van der Waals surface area contributed by atoms with Crippen LogP contribution in [0.2, 0.25) is 0 Å². The Kier molecular flexibility index (Phi) is 6.55. The summed E-state index contributed by atoms with van der Waals surface area (Å²) in [6.45, 7) is 7.84. The van der Waals surface area contributed by atoms with E-state index in [1.54, 1.807) is 28.6 Å². The Morgan fingerprint density at radius 2 is 1.70 bits per heavy atom. The maximum Gasteiger partial charge on any atom is 0.243 e. The molecule has 0 saturated carbocycles. The molecule has 2 saturated heterocycles. The lowest BCUT2D eigenvalue weighted by Gasteiger charge is -2.30. The van der Waals surface area contributed by atoms with Crippen LogP contribution < -0.4 is 5.32 Å². The number of benzene rings is 1. The number of anilines is 1. The van der Waals surface area contributed by atoms with E-state index >= 15 is 0 Å². The van der Waals surface area contributed by atoms with Crippen molar-refractivity contribution in [2.75, 3.05) is 38.0 Å². The van der Waals surface area contributed by atoms with Gasteiger partial charge in [-0.05, 0) is 68.3 Å². The molecule has 2 fully saturated rings. The van der Waals surface area contributed by atoms with E-state index in [9.17, 15) is 13.2 Å². The lowest BCUT2D eigenvalue weighted by Crippen LogP contribution is -2.39. The zero-order chi connectivity index (χ0) is 19.4. The number of nitrogens with zero attached hydrogens (tertiary/aromatic N) is 2. The topological polar surface area (TPSA) is 69.7 Å². The van der Waals surface area contributed by atoms with Crippen LogP contribution in [-0.2, 0) is 14.8 Å². The number of nitrogens with one attached hydrogen (secondary N) is 1. The minimum absolute atomic E-state index is 0.0512. The highest BCUT2D eigenvalue weighted by atomic mass is 32.2. The number of hydrogen-bond donors (Lipinski definition) is 1. The van der Waals surface area contributed by atoms with E-state index in [1.165, 1.54) is 6.42 Å². The predicted octanol–water partition coefficient (Wildman–Crippen LogP) is 2.78. The lowest BCUT2D eigenvalue weighted by molar-refractivity contribution is -0.117. The Morgan fingerprint density at radius 1 is 1.04 bits per heavy atom. The van der Waals surface area contributed by atoms with Crippen molar-refractivity contribution in [3.05, 3.63) is 24.3 Å². The Bertz CT molecular complexity index is 740. The van der Waals surface area contributed by atoms with Crippen LogP contribution in [0.1, 0.15) is 39.5 Å². The maximum absolute atomic E-state index is 12.8. The lowest BCUT2D eigenvalue weighted by atomic mass is 10.0. The molecule has 1 aromatic rings. The molecule has 0 bridgehead atoms. The van der Waals surface area contributed by atoms with Crippen molar-refractivity contribution < 1.29 is 13.2 Å². The zero-order valence-electron chi connectivity index (χ0n) is 16.4. The first kappa shape index (κ1) is 20.3. The summed E-state index contributed by atoms with van der Waals surface area (Å²) < 4.78 is 27.1. The van der Waals surface area contributed by atoms with Crippen LogP contribution in [0.25, 0.3) is 0 Å². The largest absolute Gasteiger partial charge is 0.325 e. The first-order chi connectivity index (χ1) is 12.8. The van der Waals surface area contributed by atoms with Crippen LogP contribution in [0.15, 0.2) is 29.2 Å². The van der Waals surface area contributed by atoms with Crippen LogP contribution in [0.3, 0.4) is 0 Å². The van der Waals surface area contributed by atoms with E-state index in [0.29, 0.717) is 42.1 Å². The summed E-state index contributed by atoms with van der Waals surface area (Å²) in [6.07, 6.45) is 4.17. The molecule has 6 nitrogen and oxygen atoms in total. The Balaban J connectivity index is 1.57. The van der Waals surface area contributed by atoms with Gasteiger partial charge in [-0.2, -0.15) is 4.31 Å². The molecule has 1 N–H and O–H groups in total. The number of hydrogen-bond acceptors (Lipinski definition) is 4. The van der Waals surface area contributed by atoms with Gasteiger partial charge in [0.15, 0.2) is 0 Å². The van der Waals surface area contributed by atoms with Crippen molar-refractivity contribution in [3.63, 3.8) is 0 Å². The number of sulfonamides is 1. The van der Waals surface area contributed by atoms with Crippen molar-refractivity contribution in [2.45, 2.75) is 44.4 Å². The monoisotopic (exact) mass is 393 g/mol. The van der Waals surface area contributed by atoms with Gasteiger partial charge in [-0.1, -0.05) is 13.8 Å². The van der Waals surface area contributed by atoms with Crippen LogP contribution in [0, 0.1) is 11.8 Å². The van der Waals surface area contributed by atoms with Gasteiger partial charge >= 0.3 is 0 Å². The molecule has 2 aliphatic rings. The molecule has 0 radical (unpaired) electrons. The molecule has 2 heterocycles. The fourth-order valence-corrected chi connectivity index (χ4v) is 5.39. The fraction of sp³-hybridized carbons (Fsp3) is 0.650. The van der Waals surface area contributed by atoms with E-state index in [4.69, 9.17) is 0 Å². The second-order valence-electron chi connectivity index (χ2n) is 8.14. The third-order valence-corrected chi connectivity index (χ3v) is 7.54. The number of likely N-dealkylation sites (tertiary alicyclic amines) is 1. The molecular formula is C20H31N3O3S. The van der Waals surface area contributed by atoms with Gasteiger partial charge in [0.25, 0.3) is 0 Å². The number of carbonyl (C=O) groups excluding carboxylic acids is 1. The van der Waals surface area contributed by atoms with Crippen LogP contribution in [0.5, 0.6) is 0 Å². The molecule has 1 atom stereocenters. The van der Waals surface area contributed by atoms with E-state index in [-0.39, 0.29) is 5.91 Å². The minimum Gasteiger partial charge on any atom is -0.325 e. The van der Waals surface area contributed by atoms with Gasteiger partial charge in [0, 0.05) is 25.3 Å². The zero-order valence-corrected chi connectivity index (χ0v) is 17.2. The SMILES string of the molecule is CC1CCN(S(=O)(=O)c2ccc(NC(=O)CN3CCC[C@H](C)C3)cc2)CC1. The number of amides is 1. The molecule has 0 spiro atoms. The summed E-state index contributed by atoms with van der Waals surface area (Å²) in [5, 5.41) is 2.88. The van der Waals surface area contributed by atoms with Gasteiger partial charge < -0.3 is 5.32 Å². The predicted molar refractivity (Wildman–Crippen MR) is 107 cm³/mol. The highest BCUT2D eigenvalue weighted by molar-refractivity contribution is 7.89. The van der Waals surface area contributed by atoms with Crippen molar-refractivity contribution in [3.8, 4) is 0 Å². The first-order valence-electron chi connectivity index (χ1n) is 9.97. The van der Waals surface area contributed by atoms with Gasteiger partial charge in [-0.15, -0.1) is 0 Å². The molecule has 0 aliphatic carbocycles. The number of piperidine rings is 2. The van der Waals surface area contributed by atoms with Crippen molar-refractivity contribution in [1.82, 2.24) is 9.21 Å². The van der Waals surface area contributed by atoms with Crippen molar-refractivity contribution in [2.24, 2.45) is 11.8 Å². The summed E-state index contributed by atoms with van der Waals surface area (Å²) in [4.78, 5) is 14.7. The standard InChI is InChI=1S/C20H31N3O3S/c1-16-9-12-23(13-10-16)27(25,26)19-7-5-18(6-8-19)21-20(24)15-22-11-3-4-17(2)14-22/h5-8,16-17H,3-4,9-15H2,1-2H3,(H,21,24)/t17-/m0/s1. The molecule has 0 unspecified atom stereocenters. The molecule has 0 aromatic heterocycles. The van der Waals surface area contributed by atoms with Gasteiger partial charge in [-0.3, -0.25) is 9.69 Å². The first-order valence-corrected chi connectivity index (χ1v) is 11.4. The second kappa shape index (κ2) is 8.71. The van der Waals surface area contributed by atoms with E-state index in [0.717, 1.165) is 32.4 Å². The van der Waals surface area contributed by atoms with Gasteiger partial charge in [0.1, 0.15) is 0 Å². The third-order valence-electron chi connectivity index (χ3n) is 5.63. The molecule has 7 heteroatoms. The Hall–Kier alpha value is -1.44. The molecule has 150 valence electrons. The maximum atomic E-state index is 12.8. The Labute approximate surface area is 163 Å². The average molecular weight is 394 g/mol. The number of rotatable bonds is 5. The highest BCUT2D eigenvalue weighted by Crippen LogP contribution is 2.24. The molecule has 1 aromatic carbocycles. The molecule has 1 amide bonds. The second-order valence-corrected chi connectivity index (χ2v) is 10.1.